The predicted molar refractivity (Wildman–Crippen MR) is 69.4 cm³/mol. The van der Waals surface area contributed by atoms with Gasteiger partial charge in [-0.1, -0.05) is 0 Å². The van der Waals surface area contributed by atoms with Gasteiger partial charge in [-0.05, 0) is 31.0 Å². The first-order chi connectivity index (χ1) is 9.24. The third kappa shape index (κ3) is 3.43. The lowest BCUT2D eigenvalue weighted by Gasteiger charge is -2.33. The van der Waals surface area contributed by atoms with Gasteiger partial charge in [0, 0.05) is 13.1 Å². The Morgan fingerprint density at radius 3 is 2.74 bits per heavy atom. The van der Waals surface area contributed by atoms with E-state index in [-0.39, 0.29) is 18.5 Å². The summed E-state index contributed by atoms with van der Waals surface area (Å²) in [4.78, 5) is 1.97. The highest BCUT2D eigenvalue weighted by atomic mass is 19.1. The fraction of sp³-hybridized carbons (Fsp3) is 0.500. The highest BCUT2D eigenvalue weighted by molar-refractivity contribution is 5.51. The zero-order valence-electron chi connectivity index (χ0n) is 10.7. The summed E-state index contributed by atoms with van der Waals surface area (Å²) in [6.45, 7) is 1.83. The molecule has 2 rings (SSSR count). The van der Waals surface area contributed by atoms with Crippen LogP contribution in [-0.4, -0.2) is 37.5 Å². The summed E-state index contributed by atoms with van der Waals surface area (Å²) in [5.74, 6) is -0.353. The molecule has 1 aromatic rings. The van der Waals surface area contributed by atoms with Crippen molar-refractivity contribution in [2.24, 2.45) is 0 Å². The number of rotatable bonds is 4. The fourth-order valence-corrected chi connectivity index (χ4v) is 2.32. The van der Waals surface area contributed by atoms with E-state index in [0.717, 1.165) is 25.9 Å². The number of hydrogen-bond acceptors (Lipinski definition) is 4. The summed E-state index contributed by atoms with van der Waals surface area (Å²) in [6, 6.07) is 6.48. The van der Waals surface area contributed by atoms with E-state index in [1.165, 1.54) is 6.07 Å². The van der Waals surface area contributed by atoms with Crippen molar-refractivity contribution in [2.75, 3.05) is 31.2 Å². The molecule has 1 heterocycles. The van der Waals surface area contributed by atoms with Gasteiger partial charge >= 0.3 is 0 Å². The first kappa shape index (κ1) is 13.8. The minimum atomic E-state index is -0.353. The summed E-state index contributed by atoms with van der Waals surface area (Å²) in [6.07, 6.45) is 1.78. The normalized spacial score (nSPS) is 16.4. The summed E-state index contributed by atoms with van der Waals surface area (Å²) < 4.78 is 19.3. The Balaban J connectivity index is 1.96. The summed E-state index contributed by atoms with van der Waals surface area (Å²) >= 11 is 0. The number of benzene rings is 1. The van der Waals surface area contributed by atoms with Gasteiger partial charge in [-0.3, -0.25) is 0 Å². The standard InChI is InChI=1S/C14H17FN2O2/c15-13-9-11(10-16)1-2-14(13)17-5-3-12(4-6-17)19-8-7-18/h1-2,9,12,18H,3-8H2. The van der Waals surface area contributed by atoms with Crippen LogP contribution in [0, 0.1) is 17.1 Å². The number of nitrogens with zero attached hydrogens (tertiary/aromatic N) is 2. The van der Waals surface area contributed by atoms with Gasteiger partial charge in [0.25, 0.3) is 0 Å². The first-order valence-corrected chi connectivity index (χ1v) is 6.41. The molecule has 4 nitrogen and oxygen atoms in total. The topological polar surface area (TPSA) is 56.5 Å². The number of anilines is 1. The molecular weight excluding hydrogens is 247 g/mol. The molecule has 0 atom stereocenters. The fourth-order valence-electron chi connectivity index (χ4n) is 2.32. The molecule has 1 saturated heterocycles. The van der Waals surface area contributed by atoms with Crippen molar-refractivity contribution in [1.82, 2.24) is 0 Å². The van der Waals surface area contributed by atoms with Gasteiger partial charge in [-0.25, -0.2) is 4.39 Å². The summed E-state index contributed by atoms with van der Waals surface area (Å²) in [5, 5.41) is 17.4. The molecule has 0 unspecified atom stereocenters. The van der Waals surface area contributed by atoms with Gasteiger partial charge < -0.3 is 14.7 Å². The Morgan fingerprint density at radius 2 is 2.16 bits per heavy atom. The van der Waals surface area contributed by atoms with E-state index in [1.807, 2.05) is 11.0 Å². The zero-order valence-corrected chi connectivity index (χ0v) is 10.7. The van der Waals surface area contributed by atoms with Crippen molar-refractivity contribution >= 4 is 5.69 Å². The van der Waals surface area contributed by atoms with E-state index in [2.05, 4.69) is 0 Å². The molecule has 0 bridgehead atoms. The molecule has 0 saturated carbocycles. The predicted octanol–water partition coefficient (Wildman–Crippen LogP) is 1.68. The first-order valence-electron chi connectivity index (χ1n) is 6.41. The third-order valence-corrected chi connectivity index (χ3v) is 3.30. The van der Waals surface area contributed by atoms with Crippen molar-refractivity contribution in [1.29, 1.82) is 5.26 Å². The summed E-state index contributed by atoms with van der Waals surface area (Å²) in [7, 11) is 0. The van der Waals surface area contributed by atoms with E-state index in [0.29, 0.717) is 17.9 Å². The summed E-state index contributed by atoms with van der Waals surface area (Å²) in [5.41, 5.74) is 0.877. The minimum Gasteiger partial charge on any atom is -0.394 e. The van der Waals surface area contributed by atoms with Crippen LogP contribution in [0.25, 0.3) is 0 Å². The SMILES string of the molecule is N#Cc1ccc(N2CCC(OCCO)CC2)c(F)c1. The van der Waals surface area contributed by atoms with Crippen molar-refractivity contribution < 1.29 is 14.2 Å². The second kappa shape index (κ2) is 6.50. The third-order valence-electron chi connectivity index (χ3n) is 3.30. The molecule has 102 valence electrons. The van der Waals surface area contributed by atoms with E-state index < -0.39 is 0 Å². The van der Waals surface area contributed by atoms with Gasteiger partial charge in [0.05, 0.1) is 36.6 Å². The minimum absolute atomic E-state index is 0.0322. The second-order valence-electron chi connectivity index (χ2n) is 4.56. The van der Waals surface area contributed by atoms with Crippen LogP contribution in [0.3, 0.4) is 0 Å². The molecular formula is C14H17FN2O2. The maximum Gasteiger partial charge on any atom is 0.147 e. The Bertz CT molecular complexity index is 465. The van der Waals surface area contributed by atoms with Crippen LogP contribution in [0.4, 0.5) is 10.1 Å². The van der Waals surface area contributed by atoms with Gasteiger partial charge in [-0.2, -0.15) is 5.26 Å². The zero-order chi connectivity index (χ0) is 13.7. The van der Waals surface area contributed by atoms with Gasteiger partial charge in [0.15, 0.2) is 0 Å². The Morgan fingerprint density at radius 1 is 1.42 bits per heavy atom. The Kier molecular flexibility index (Phi) is 4.72. The lowest BCUT2D eigenvalue weighted by molar-refractivity contribution is 0.0158. The molecule has 0 aliphatic carbocycles. The van der Waals surface area contributed by atoms with E-state index >= 15 is 0 Å². The molecule has 0 aromatic heterocycles. The van der Waals surface area contributed by atoms with E-state index in [1.54, 1.807) is 12.1 Å². The number of nitriles is 1. The highest BCUT2D eigenvalue weighted by Gasteiger charge is 2.21. The van der Waals surface area contributed by atoms with Crippen LogP contribution in [0.2, 0.25) is 0 Å². The van der Waals surface area contributed by atoms with E-state index in [9.17, 15) is 4.39 Å². The van der Waals surface area contributed by atoms with Crippen LogP contribution in [-0.2, 0) is 4.74 Å². The van der Waals surface area contributed by atoms with Gasteiger partial charge in [0.2, 0.25) is 0 Å². The number of hydrogen-bond donors (Lipinski definition) is 1. The Labute approximate surface area is 112 Å². The number of aliphatic hydroxyl groups excluding tert-OH is 1. The highest BCUT2D eigenvalue weighted by Crippen LogP contribution is 2.24. The van der Waals surface area contributed by atoms with E-state index in [4.69, 9.17) is 15.1 Å². The van der Waals surface area contributed by atoms with Crippen LogP contribution in [0.15, 0.2) is 18.2 Å². The lowest BCUT2D eigenvalue weighted by Crippen LogP contribution is -2.37. The number of ether oxygens (including phenoxy) is 1. The molecule has 5 heteroatoms. The second-order valence-corrected chi connectivity index (χ2v) is 4.56. The van der Waals surface area contributed by atoms with Crippen molar-refractivity contribution in [3.63, 3.8) is 0 Å². The molecule has 0 amide bonds. The van der Waals surface area contributed by atoms with Crippen LogP contribution in [0.5, 0.6) is 0 Å². The average molecular weight is 264 g/mol. The van der Waals surface area contributed by atoms with Gasteiger partial charge in [-0.15, -0.1) is 0 Å². The average Bonchev–Trinajstić information content (AvgIpc) is 2.45. The maximum absolute atomic E-state index is 13.9. The molecule has 0 radical (unpaired) electrons. The van der Waals surface area contributed by atoms with Crippen LogP contribution >= 0.6 is 0 Å². The molecule has 1 fully saturated rings. The number of aliphatic hydroxyl groups is 1. The van der Waals surface area contributed by atoms with Crippen molar-refractivity contribution in [3.8, 4) is 6.07 Å². The van der Waals surface area contributed by atoms with Crippen LogP contribution in [0.1, 0.15) is 18.4 Å². The monoisotopic (exact) mass is 264 g/mol. The molecule has 1 aromatic carbocycles. The largest absolute Gasteiger partial charge is 0.394 e. The maximum atomic E-state index is 13.9. The van der Waals surface area contributed by atoms with Gasteiger partial charge in [0.1, 0.15) is 5.82 Å². The quantitative estimate of drug-likeness (QED) is 0.899. The molecule has 1 N–H and O–H groups in total. The Hall–Kier alpha value is -1.64. The molecule has 1 aliphatic rings. The molecule has 0 spiro atoms. The smallest absolute Gasteiger partial charge is 0.147 e. The van der Waals surface area contributed by atoms with Crippen molar-refractivity contribution in [3.05, 3.63) is 29.6 Å². The van der Waals surface area contributed by atoms with Crippen molar-refractivity contribution in [2.45, 2.75) is 18.9 Å². The number of halogens is 1. The molecule has 19 heavy (non-hydrogen) atoms. The number of piperidine rings is 1. The van der Waals surface area contributed by atoms with Crippen LogP contribution < -0.4 is 4.90 Å². The lowest BCUT2D eigenvalue weighted by atomic mass is 10.1. The molecule has 1 aliphatic heterocycles.